The molecule has 1 aromatic carbocycles. The van der Waals surface area contributed by atoms with Gasteiger partial charge in [0.25, 0.3) is 0 Å². The highest BCUT2D eigenvalue weighted by molar-refractivity contribution is 6.30. The molecule has 0 heterocycles. The minimum atomic E-state index is -0.412. The number of benzene rings is 1. The lowest BCUT2D eigenvalue weighted by Gasteiger charge is -2.16. The summed E-state index contributed by atoms with van der Waals surface area (Å²) in [4.78, 5) is 11.0. The van der Waals surface area contributed by atoms with Gasteiger partial charge in [0.15, 0.2) is 0 Å². The Labute approximate surface area is 135 Å². The monoisotopic (exact) mass is 321 g/mol. The zero-order chi connectivity index (χ0) is 16.5. The second-order valence-corrected chi connectivity index (χ2v) is 5.07. The molecule has 0 amide bonds. The average molecular weight is 322 g/mol. The Kier molecular flexibility index (Phi) is 7.43. The number of carbonyl (C=O) groups is 1. The summed E-state index contributed by atoms with van der Waals surface area (Å²) < 4.78 is 4.51. The largest absolute Gasteiger partial charge is 0.508 e. The number of rotatable bonds is 7. The van der Waals surface area contributed by atoms with Gasteiger partial charge in [0.1, 0.15) is 5.75 Å². The van der Waals surface area contributed by atoms with Crippen LogP contribution in [0.15, 0.2) is 54.7 Å². The minimum Gasteiger partial charge on any atom is -0.508 e. The van der Waals surface area contributed by atoms with Gasteiger partial charge in [-0.25, -0.2) is 4.79 Å². The molecule has 0 radical (unpaired) electrons. The van der Waals surface area contributed by atoms with E-state index >= 15 is 0 Å². The lowest BCUT2D eigenvalue weighted by atomic mass is 10.1. The molecule has 0 fully saturated rings. The first-order chi connectivity index (χ1) is 10.5. The molecule has 1 atom stereocenters. The first kappa shape index (κ1) is 18.0. The second-order valence-electron chi connectivity index (χ2n) is 4.63. The Bertz CT molecular complexity index is 594. The van der Waals surface area contributed by atoms with E-state index in [1.807, 2.05) is 6.92 Å². The molecule has 1 unspecified atom stereocenters. The molecule has 0 saturated carbocycles. The van der Waals surface area contributed by atoms with E-state index in [4.69, 9.17) is 11.6 Å². The quantitative estimate of drug-likeness (QED) is 0.458. The molecular formula is C17H20ClNO3. The van der Waals surface area contributed by atoms with Crippen LogP contribution in [0.5, 0.6) is 5.75 Å². The van der Waals surface area contributed by atoms with Crippen LogP contribution in [-0.2, 0) is 9.53 Å². The Morgan fingerprint density at radius 1 is 1.55 bits per heavy atom. The number of halogens is 1. The molecule has 0 aromatic heterocycles. The van der Waals surface area contributed by atoms with Crippen molar-refractivity contribution in [3.63, 3.8) is 0 Å². The zero-order valence-electron chi connectivity index (χ0n) is 12.7. The topological polar surface area (TPSA) is 58.6 Å². The van der Waals surface area contributed by atoms with Gasteiger partial charge in [-0.15, -0.1) is 0 Å². The Hall–Kier alpha value is -2.04. The van der Waals surface area contributed by atoms with Crippen LogP contribution in [-0.4, -0.2) is 24.7 Å². The predicted molar refractivity (Wildman–Crippen MR) is 89.0 cm³/mol. The molecule has 118 valence electrons. The molecule has 0 spiro atoms. The number of phenolic OH excluding ortho intramolecular Hbond substituents is 1. The van der Waals surface area contributed by atoms with Crippen molar-refractivity contribution < 1.29 is 14.6 Å². The van der Waals surface area contributed by atoms with Crippen molar-refractivity contribution in [2.45, 2.75) is 13.0 Å². The smallest absolute Gasteiger partial charge is 0.330 e. The van der Waals surface area contributed by atoms with Crippen LogP contribution in [0.3, 0.4) is 0 Å². The number of allylic oxidation sites excluding steroid dienone is 2. The lowest BCUT2D eigenvalue weighted by molar-refractivity contribution is -0.134. The van der Waals surface area contributed by atoms with Gasteiger partial charge in [-0.2, -0.15) is 0 Å². The SMILES string of the molecule is C=C/C(=C\C=C\C(=O)OC)CNC(C)c1cc(Cl)ccc1O. The fraction of sp³-hybridized carbons (Fsp3) is 0.235. The fourth-order valence-electron chi connectivity index (χ4n) is 1.77. The lowest BCUT2D eigenvalue weighted by Crippen LogP contribution is -2.20. The molecule has 4 nitrogen and oxygen atoms in total. The highest BCUT2D eigenvalue weighted by Crippen LogP contribution is 2.27. The van der Waals surface area contributed by atoms with Gasteiger partial charge in [-0.3, -0.25) is 0 Å². The average Bonchev–Trinajstić information content (AvgIpc) is 2.52. The Morgan fingerprint density at radius 2 is 2.27 bits per heavy atom. The number of nitrogens with one attached hydrogen (secondary N) is 1. The summed E-state index contributed by atoms with van der Waals surface area (Å²) in [5.74, 6) is -0.219. The van der Waals surface area contributed by atoms with E-state index in [0.29, 0.717) is 11.6 Å². The van der Waals surface area contributed by atoms with Crippen molar-refractivity contribution in [1.82, 2.24) is 5.32 Å². The molecule has 0 aliphatic heterocycles. The van der Waals surface area contributed by atoms with Gasteiger partial charge >= 0.3 is 5.97 Å². The highest BCUT2D eigenvalue weighted by Gasteiger charge is 2.10. The first-order valence-electron chi connectivity index (χ1n) is 6.77. The molecule has 22 heavy (non-hydrogen) atoms. The molecule has 2 N–H and O–H groups in total. The maximum absolute atomic E-state index is 11.0. The van der Waals surface area contributed by atoms with Crippen molar-refractivity contribution in [2.75, 3.05) is 13.7 Å². The van der Waals surface area contributed by atoms with Crippen molar-refractivity contribution in [2.24, 2.45) is 0 Å². The summed E-state index contributed by atoms with van der Waals surface area (Å²) in [5, 5.41) is 13.7. The number of hydrogen-bond donors (Lipinski definition) is 2. The van der Waals surface area contributed by atoms with Gasteiger partial charge < -0.3 is 15.2 Å². The van der Waals surface area contributed by atoms with E-state index in [1.54, 1.807) is 36.4 Å². The molecule has 0 bridgehead atoms. The molecule has 0 saturated heterocycles. The third-order valence-electron chi connectivity index (χ3n) is 3.07. The number of phenols is 1. The van der Waals surface area contributed by atoms with Crippen LogP contribution in [0, 0.1) is 0 Å². The number of hydrogen-bond acceptors (Lipinski definition) is 4. The fourth-order valence-corrected chi connectivity index (χ4v) is 1.95. The Balaban J connectivity index is 2.68. The summed E-state index contributed by atoms with van der Waals surface area (Å²) in [7, 11) is 1.32. The van der Waals surface area contributed by atoms with Crippen molar-refractivity contribution in [3.8, 4) is 5.75 Å². The molecule has 0 aliphatic carbocycles. The van der Waals surface area contributed by atoms with E-state index in [1.165, 1.54) is 13.2 Å². The molecule has 0 aliphatic rings. The number of esters is 1. The van der Waals surface area contributed by atoms with Crippen molar-refractivity contribution >= 4 is 17.6 Å². The number of methoxy groups -OCH3 is 1. The van der Waals surface area contributed by atoms with Crippen molar-refractivity contribution in [1.29, 1.82) is 0 Å². The molecule has 5 heteroatoms. The second kappa shape index (κ2) is 9.07. The molecule has 1 aromatic rings. The number of aromatic hydroxyl groups is 1. The third-order valence-corrected chi connectivity index (χ3v) is 3.31. The van der Waals surface area contributed by atoms with Crippen LogP contribution < -0.4 is 5.32 Å². The summed E-state index contributed by atoms with van der Waals surface area (Å²) in [6.07, 6.45) is 6.39. The summed E-state index contributed by atoms with van der Waals surface area (Å²) in [5.41, 5.74) is 1.62. The van der Waals surface area contributed by atoms with Gasteiger partial charge in [0.2, 0.25) is 0 Å². The Morgan fingerprint density at radius 3 is 2.91 bits per heavy atom. The van der Waals surface area contributed by atoms with Crippen molar-refractivity contribution in [3.05, 3.63) is 65.2 Å². The van der Waals surface area contributed by atoms with Crippen LogP contribution in [0.2, 0.25) is 5.02 Å². The van der Waals surface area contributed by atoms with Crippen LogP contribution >= 0.6 is 11.6 Å². The number of ether oxygens (including phenoxy) is 1. The predicted octanol–water partition coefficient (Wildman–Crippen LogP) is 3.54. The summed E-state index contributed by atoms with van der Waals surface area (Å²) in [6.45, 7) is 6.19. The van der Waals surface area contributed by atoms with E-state index < -0.39 is 5.97 Å². The summed E-state index contributed by atoms with van der Waals surface area (Å²) in [6, 6.07) is 4.84. The van der Waals surface area contributed by atoms with Gasteiger partial charge in [0.05, 0.1) is 7.11 Å². The standard InChI is InChI=1S/C17H20ClNO3/c1-4-13(6-5-7-17(21)22-3)11-19-12(2)15-10-14(18)8-9-16(15)20/h4-10,12,19-20H,1,11H2,2-3H3/b7-5+,13-6+. The van der Waals surface area contributed by atoms with Gasteiger partial charge in [-0.05, 0) is 30.7 Å². The van der Waals surface area contributed by atoms with E-state index in [-0.39, 0.29) is 11.8 Å². The molecule has 1 rings (SSSR count). The van der Waals surface area contributed by atoms with E-state index in [0.717, 1.165) is 11.1 Å². The van der Waals surface area contributed by atoms with E-state index in [9.17, 15) is 9.90 Å². The van der Waals surface area contributed by atoms with Crippen LogP contribution in [0.1, 0.15) is 18.5 Å². The first-order valence-corrected chi connectivity index (χ1v) is 7.15. The van der Waals surface area contributed by atoms with Crippen LogP contribution in [0.4, 0.5) is 0 Å². The maximum atomic E-state index is 11.0. The summed E-state index contributed by atoms with van der Waals surface area (Å²) >= 11 is 5.94. The number of carbonyl (C=O) groups excluding carboxylic acids is 1. The normalized spacial score (nSPS) is 13.1. The molecular weight excluding hydrogens is 302 g/mol. The maximum Gasteiger partial charge on any atom is 0.330 e. The minimum absolute atomic E-state index is 0.0911. The van der Waals surface area contributed by atoms with Gasteiger partial charge in [-0.1, -0.05) is 36.4 Å². The highest BCUT2D eigenvalue weighted by atomic mass is 35.5. The third kappa shape index (κ3) is 5.76. The van der Waals surface area contributed by atoms with Gasteiger partial charge in [0, 0.05) is 29.2 Å². The zero-order valence-corrected chi connectivity index (χ0v) is 13.4. The van der Waals surface area contributed by atoms with E-state index in [2.05, 4.69) is 16.6 Å². The van der Waals surface area contributed by atoms with Crippen LogP contribution in [0.25, 0.3) is 0 Å².